The van der Waals surface area contributed by atoms with Gasteiger partial charge < -0.3 is 13.5 Å². The van der Waals surface area contributed by atoms with Crippen molar-refractivity contribution in [1.29, 1.82) is 0 Å². The van der Waals surface area contributed by atoms with Crippen molar-refractivity contribution >= 4 is 11.8 Å². The molecule has 0 saturated heterocycles. The van der Waals surface area contributed by atoms with Crippen molar-refractivity contribution in [3.05, 3.63) is 54.1 Å². The predicted molar refractivity (Wildman–Crippen MR) is 102 cm³/mol. The molecular weight excluding hydrogens is 362 g/mol. The lowest BCUT2D eigenvalue weighted by molar-refractivity contribution is 0.379. The van der Waals surface area contributed by atoms with Gasteiger partial charge in [0.25, 0.3) is 0 Å². The average Bonchev–Trinajstić information content (AvgIpc) is 3.42. The van der Waals surface area contributed by atoms with Crippen molar-refractivity contribution in [2.75, 3.05) is 0 Å². The molecule has 138 valence electrons. The van der Waals surface area contributed by atoms with E-state index in [0.29, 0.717) is 17.5 Å². The van der Waals surface area contributed by atoms with E-state index in [1.54, 1.807) is 30.2 Å². The van der Waals surface area contributed by atoms with Gasteiger partial charge in [0, 0.05) is 12.1 Å². The van der Waals surface area contributed by atoms with E-state index >= 15 is 0 Å². The number of benzene rings is 1. The summed E-state index contributed by atoms with van der Waals surface area (Å²) in [4.78, 5) is 4.43. The second-order valence-electron chi connectivity index (χ2n) is 6.06. The van der Waals surface area contributed by atoms with Crippen LogP contribution in [0.5, 0.6) is 0 Å². The Labute approximate surface area is 160 Å². The molecule has 3 aromatic heterocycles. The van der Waals surface area contributed by atoms with Gasteiger partial charge in [-0.05, 0) is 38.5 Å². The second kappa shape index (κ2) is 7.40. The number of aryl methyl sites for hydroxylation is 1. The standard InChI is InChI=1S/C19H19N5O2S/c1-4-24-17(14-9-6-5-8-12(14)2)21-22-19(24)27-13(3)18-20-16(23-26-18)15-10-7-11-25-15/h5-11,13H,4H2,1-3H3. The highest BCUT2D eigenvalue weighted by atomic mass is 32.2. The Balaban J connectivity index is 1.59. The van der Waals surface area contributed by atoms with E-state index in [-0.39, 0.29) is 5.25 Å². The maximum Gasteiger partial charge on any atom is 0.240 e. The lowest BCUT2D eigenvalue weighted by Crippen LogP contribution is -2.01. The van der Waals surface area contributed by atoms with Gasteiger partial charge in [-0.1, -0.05) is 41.2 Å². The van der Waals surface area contributed by atoms with Gasteiger partial charge in [-0.15, -0.1) is 10.2 Å². The number of hydrogen-bond donors (Lipinski definition) is 0. The molecule has 0 saturated carbocycles. The Bertz CT molecular complexity index is 1040. The molecule has 3 heterocycles. The Morgan fingerprint density at radius 1 is 1.15 bits per heavy atom. The minimum atomic E-state index is -0.0690. The SMILES string of the molecule is CCn1c(SC(C)c2nc(-c3ccco3)no2)nnc1-c1ccccc1C. The molecule has 0 radical (unpaired) electrons. The Morgan fingerprint density at radius 2 is 2.00 bits per heavy atom. The van der Waals surface area contributed by atoms with Crippen molar-refractivity contribution in [2.24, 2.45) is 0 Å². The highest BCUT2D eigenvalue weighted by Gasteiger charge is 2.22. The van der Waals surface area contributed by atoms with Crippen molar-refractivity contribution in [3.63, 3.8) is 0 Å². The van der Waals surface area contributed by atoms with Gasteiger partial charge in [0.15, 0.2) is 16.7 Å². The first-order chi connectivity index (χ1) is 13.2. The van der Waals surface area contributed by atoms with Crippen LogP contribution in [0.2, 0.25) is 0 Å². The Morgan fingerprint density at radius 3 is 2.74 bits per heavy atom. The largest absolute Gasteiger partial charge is 0.461 e. The summed E-state index contributed by atoms with van der Waals surface area (Å²) in [6.45, 7) is 6.94. The monoisotopic (exact) mass is 381 g/mol. The van der Waals surface area contributed by atoms with E-state index < -0.39 is 0 Å². The zero-order valence-electron chi connectivity index (χ0n) is 15.3. The van der Waals surface area contributed by atoms with Crippen molar-refractivity contribution in [1.82, 2.24) is 24.9 Å². The fourth-order valence-corrected chi connectivity index (χ4v) is 3.74. The van der Waals surface area contributed by atoms with Gasteiger partial charge in [-0.3, -0.25) is 0 Å². The van der Waals surface area contributed by atoms with Gasteiger partial charge >= 0.3 is 0 Å². The van der Waals surface area contributed by atoms with Gasteiger partial charge in [0.05, 0.1) is 11.5 Å². The molecule has 0 spiro atoms. The van der Waals surface area contributed by atoms with E-state index in [1.165, 1.54) is 5.56 Å². The molecule has 0 bridgehead atoms. The molecule has 1 atom stereocenters. The average molecular weight is 381 g/mol. The van der Waals surface area contributed by atoms with Crippen LogP contribution in [-0.2, 0) is 6.54 Å². The number of hydrogen-bond acceptors (Lipinski definition) is 7. The highest BCUT2D eigenvalue weighted by molar-refractivity contribution is 7.99. The molecule has 8 heteroatoms. The van der Waals surface area contributed by atoms with Crippen LogP contribution in [0.25, 0.3) is 23.0 Å². The first-order valence-electron chi connectivity index (χ1n) is 8.70. The Kier molecular flexibility index (Phi) is 4.81. The van der Waals surface area contributed by atoms with Crippen molar-refractivity contribution in [2.45, 2.75) is 37.7 Å². The molecule has 1 unspecified atom stereocenters. The number of nitrogens with zero attached hydrogens (tertiary/aromatic N) is 5. The topological polar surface area (TPSA) is 82.8 Å². The molecule has 4 aromatic rings. The van der Waals surface area contributed by atoms with Crippen molar-refractivity contribution < 1.29 is 8.94 Å². The van der Waals surface area contributed by atoms with Crippen LogP contribution in [0.15, 0.2) is 56.8 Å². The van der Waals surface area contributed by atoms with E-state index in [2.05, 4.69) is 50.9 Å². The Hall–Kier alpha value is -2.87. The minimum absolute atomic E-state index is 0.0690. The summed E-state index contributed by atoms with van der Waals surface area (Å²) in [7, 11) is 0. The van der Waals surface area contributed by atoms with Crippen molar-refractivity contribution in [3.8, 4) is 23.0 Å². The molecule has 0 aliphatic rings. The van der Waals surface area contributed by atoms with Gasteiger partial charge in [-0.2, -0.15) is 4.98 Å². The van der Waals surface area contributed by atoms with E-state index in [4.69, 9.17) is 8.94 Å². The molecule has 0 N–H and O–H groups in total. The third-order valence-corrected chi connectivity index (χ3v) is 5.30. The lowest BCUT2D eigenvalue weighted by atomic mass is 10.1. The summed E-state index contributed by atoms with van der Waals surface area (Å²) in [5, 5.41) is 13.6. The summed E-state index contributed by atoms with van der Waals surface area (Å²) < 4.78 is 12.8. The van der Waals surface area contributed by atoms with Gasteiger partial charge in [0.2, 0.25) is 11.7 Å². The zero-order valence-corrected chi connectivity index (χ0v) is 16.1. The normalized spacial score (nSPS) is 12.4. The first kappa shape index (κ1) is 17.5. The maximum atomic E-state index is 5.41. The summed E-state index contributed by atoms with van der Waals surface area (Å²) >= 11 is 1.54. The minimum Gasteiger partial charge on any atom is -0.461 e. The molecular formula is C19H19N5O2S. The van der Waals surface area contributed by atoms with E-state index in [0.717, 1.165) is 23.1 Å². The smallest absolute Gasteiger partial charge is 0.240 e. The molecule has 27 heavy (non-hydrogen) atoms. The van der Waals surface area contributed by atoms with E-state index in [9.17, 15) is 0 Å². The van der Waals surface area contributed by atoms with Crippen LogP contribution in [0.1, 0.15) is 30.6 Å². The molecule has 4 rings (SSSR count). The molecule has 1 aromatic carbocycles. The zero-order chi connectivity index (χ0) is 18.8. The quantitative estimate of drug-likeness (QED) is 0.445. The summed E-state index contributed by atoms with van der Waals surface area (Å²) in [6, 6.07) is 11.8. The summed E-state index contributed by atoms with van der Waals surface area (Å²) in [5.41, 5.74) is 2.26. The third-order valence-electron chi connectivity index (χ3n) is 4.23. The van der Waals surface area contributed by atoms with Gasteiger partial charge in [-0.25, -0.2) is 0 Å². The van der Waals surface area contributed by atoms with Crippen LogP contribution < -0.4 is 0 Å². The molecule has 0 amide bonds. The fraction of sp³-hybridized carbons (Fsp3) is 0.263. The van der Waals surface area contributed by atoms with Crippen LogP contribution in [0.3, 0.4) is 0 Å². The number of rotatable bonds is 6. The molecule has 0 aliphatic heterocycles. The summed E-state index contributed by atoms with van der Waals surface area (Å²) in [5.74, 6) is 2.42. The number of aromatic nitrogens is 5. The molecule has 7 nitrogen and oxygen atoms in total. The lowest BCUT2D eigenvalue weighted by Gasteiger charge is -2.10. The predicted octanol–water partition coefficient (Wildman–Crippen LogP) is 4.77. The second-order valence-corrected chi connectivity index (χ2v) is 7.37. The highest BCUT2D eigenvalue weighted by Crippen LogP contribution is 2.35. The molecule has 0 aliphatic carbocycles. The maximum absolute atomic E-state index is 5.41. The van der Waals surface area contributed by atoms with Crippen LogP contribution >= 0.6 is 11.8 Å². The number of furan rings is 1. The first-order valence-corrected chi connectivity index (χ1v) is 9.58. The van der Waals surface area contributed by atoms with E-state index in [1.807, 2.05) is 19.1 Å². The van der Waals surface area contributed by atoms with Crippen LogP contribution in [0.4, 0.5) is 0 Å². The van der Waals surface area contributed by atoms with Gasteiger partial charge in [0.1, 0.15) is 0 Å². The third kappa shape index (κ3) is 3.40. The summed E-state index contributed by atoms with van der Waals surface area (Å²) in [6.07, 6.45) is 1.58. The molecule has 0 fully saturated rings. The fourth-order valence-electron chi connectivity index (χ4n) is 2.80. The number of thioether (sulfide) groups is 1. The van der Waals surface area contributed by atoms with Crippen LogP contribution in [0, 0.1) is 6.92 Å². The van der Waals surface area contributed by atoms with Crippen LogP contribution in [-0.4, -0.2) is 24.9 Å².